The average molecular weight is 322 g/mol. The Morgan fingerprint density at radius 3 is 2.26 bits per heavy atom. The van der Waals surface area contributed by atoms with E-state index in [0.29, 0.717) is 0 Å². The number of rotatable bonds is 10. The minimum Gasteiger partial charge on any atom is -0.504 e. The van der Waals surface area contributed by atoms with Gasteiger partial charge in [-0.3, -0.25) is 0 Å². The molecule has 0 atom stereocenters. The Kier molecular flexibility index (Phi) is 8.65. The molecule has 23 heavy (non-hydrogen) atoms. The van der Waals surface area contributed by atoms with E-state index in [1.165, 1.54) is 32.1 Å². The third-order valence-electron chi connectivity index (χ3n) is 3.51. The normalized spacial score (nSPS) is 11.0. The van der Waals surface area contributed by atoms with E-state index in [0.717, 1.165) is 25.0 Å². The molecule has 0 unspecified atom stereocenters. The van der Waals surface area contributed by atoms with Crippen molar-refractivity contribution in [2.24, 2.45) is 0 Å². The summed E-state index contributed by atoms with van der Waals surface area (Å²) in [5.41, 5.74) is -0.0119. The lowest BCUT2D eigenvalue weighted by molar-refractivity contribution is 0.0548. The van der Waals surface area contributed by atoms with Gasteiger partial charge in [0.05, 0.1) is 5.56 Å². The monoisotopic (exact) mass is 322 g/mol. The average Bonchev–Trinajstić information content (AvgIpc) is 2.53. The topological polar surface area (TPSA) is 87.0 Å². The fourth-order valence-corrected chi connectivity index (χ4v) is 2.16. The Morgan fingerprint density at radius 2 is 1.61 bits per heavy atom. The van der Waals surface area contributed by atoms with Gasteiger partial charge in [0.1, 0.15) is 6.61 Å². The molecule has 0 aliphatic rings. The molecule has 3 N–H and O–H groups in total. The molecule has 0 bridgehead atoms. The highest BCUT2D eigenvalue weighted by Gasteiger charge is 2.14. The molecule has 5 nitrogen and oxygen atoms in total. The smallest absolute Gasteiger partial charge is 0.338 e. The van der Waals surface area contributed by atoms with Gasteiger partial charge in [-0.2, -0.15) is 0 Å². The molecule has 0 aliphatic heterocycles. The van der Waals surface area contributed by atoms with E-state index in [4.69, 9.17) is 4.74 Å². The first kappa shape index (κ1) is 18.9. The fourth-order valence-electron chi connectivity index (χ4n) is 2.16. The van der Waals surface area contributed by atoms with Crippen molar-refractivity contribution < 1.29 is 24.9 Å². The minimum absolute atomic E-state index is 0.0119. The predicted octanol–water partition coefficient (Wildman–Crippen LogP) is 4.27. The molecular weight excluding hydrogens is 296 g/mol. The van der Waals surface area contributed by atoms with Gasteiger partial charge in [0.25, 0.3) is 0 Å². The summed E-state index contributed by atoms with van der Waals surface area (Å²) in [7, 11) is 0. The van der Waals surface area contributed by atoms with Crippen LogP contribution in [0.15, 0.2) is 24.3 Å². The van der Waals surface area contributed by atoms with Crippen LogP contribution >= 0.6 is 0 Å². The number of benzene rings is 1. The molecule has 128 valence electrons. The molecule has 1 rings (SSSR count). The molecule has 1 aromatic rings. The molecule has 0 aromatic heterocycles. The summed E-state index contributed by atoms with van der Waals surface area (Å²) in [5.74, 6) is -2.44. The third-order valence-corrected chi connectivity index (χ3v) is 3.51. The number of carbonyl (C=O) groups excluding carboxylic acids is 1. The van der Waals surface area contributed by atoms with Gasteiger partial charge in [-0.15, -0.1) is 0 Å². The Bertz CT molecular complexity index is 499. The molecule has 0 amide bonds. The first-order valence-corrected chi connectivity index (χ1v) is 8.13. The number of hydrogen-bond acceptors (Lipinski definition) is 5. The summed E-state index contributed by atoms with van der Waals surface area (Å²) in [6.07, 6.45) is 12.2. The van der Waals surface area contributed by atoms with Crippen LogP contribution in [0.5, 0.6) is 17.2 Å². The molecule has 1 aromatic carbocycles. The van der Waals surface area contributed by atoms with E-state index in [-0.39, 0.29) is 12.2 Å². The second-order valence-electron chi connectivity index (χ2n) is 5.49. The molecule has 0 aliphatic carbocycles. The van der Waals surface area contributed by atoms with Crippen LogP contribution in [0.4, 0.5) is 0 Å². The second kappa shape index (κ2) is 10.5. The Morgan fingerprint density at radius 1 is 1.00 bits per heavy atom. The van der Waals surface area contributed by atoms with Crippen molar-refractivity contribution in [1.29, 1.82) is 0 Å². The molecule has 0 saturated carbocycles. The highest BCUT2D eigenvalue weighted by molar-refractivity contribution is 5.91. The maximum absolute atomic E-state index is 11.7. The molecule has 0 heterocycles. The number of allylic oxidation sites excluding steroid dienone is 1. The summed E-state index contributed by atoms with van der Waals surface area (Å²) in [5, 5.41) is 27.9. The van der Waals surface area contributed by atoms with E-state index in [2.05, 4.69) is 6.92 Å². The fraction of sp³-hybridized carbons (Fsp3) is 0.500. The van der Waals surface area contributed by atoms with Crippen molar-refractivity contribution in [2.45, 2.75) is 51.9 Å². The number of hydrogen-bond donors (Lipinski definition) is 3. The van der Waals surface area contributed by atoms with E-state index in [1.54, 1.807) is 6.08 Å². The van der Waals surface area contributed by atoms with Crippen molar-refractivity contribution in [3.63, 3.8) is 0 Å². The molecule has 5 heteroatoms. The van der Waals surface area contributed by atoms with Gasteiger partial charge in [0.15, 0.2) is 17.2 Å². The van der Waals surface area contributed by atoms with Crippen molar-refractivity contribution >= 4 is 5.97 Å². The van der Waals surface area contributed by atoms with Crippen LogP contribution < -0.4 is 0 Å². The van der Waals surface area contributed by atoms with Crippen LogP contribution in [-0.2, 0) is 4.74 Å². The maximum atomic E-state index is 11.7. The van der Waals surface area contributed by atoms with Crippen LogP contribution in [0.25, 0.3) is 0 Å². The summed E-state index contributed by atoms with van der Waals surface area (Å²) in [4.78, 5) is 11.7. The van der Waals surface area contributed by atoms with Crippen molar-refractivity contribution in [1.82, 2.24) is 0 Å². The largest absolute Gasteiger partial charge is 0.504 e. The number of esters is 1. The minimum atomic E-state index is -0.667. The van der Waals surface area contributed by atoms with Gasteiger partial charge in [0.2, 0.25) is 0 Å². The highest BCUT2D eigenvalue weighted by atomic mass is 16.5. The lowest BCUT2D eigenvalue weighted by Gasteiger charge is -2.05. The molecule has 0 spiro atoms. The standard InChI is InChI=1S/C18H26O5/c1-2-3-4-5-6-7-8-9-10-11-23-18(22)14-12-15(19)17(21)16(20)13-14/h9-10,12-13,19-21H,2-8,11H2,1H3. The maximum Gasteiger partial charge on any atom is 0.338 e. The summed E-state index contributed by atoms with van der Waals surface area (Å²) >= 11 is 0. The van der Waals surface area contributed by atoms with Crippen LogP contribution in [0.3, 0.4) is 0 Å². The van der Waals surface area contributed by atoms with E-state index in [1.807, 2.05) is 6.08 Å². The number of phenols is 3. The van der Waals surface area contributed by atoms with Gasteiger partial charge in [-0.05, 0) is 25.0 Å². The Balaban J connectivity index is 2.23. The summed E-state index contributed by atoms with van der Waals surface area (Å²) in [6.45, 7) is 2.34. The molecule has 0 radical (unpaired) electrons. The third kappa shape index (κ3) is 7.08. The molecule has 0 fully saturated rings. The number of phenolic OH excluding ortho intramolecular Hbond substituents is 3. The SMILES string of the molecule is CCCCCCCCC=CCOC(=O)c1cc(O)c(O)c(O)c1. The van der Waals surface area contributed by atoms with Crippen LogP contribution in [0.2, 0.25) is 0 Å². The quantitative estimate of drug-likeness (QED) is 0.259. The number of ether oxygens (including phenoxy) is 1. The van der Waals surface area contributed by atoms with Gasteiger partial charge in [-0.25, -0.2) is 4.79 Å². The molecular formula is C18H26O5. The lowest BCUT2D eigenvalue weighted by Crippen LogP contribution is -2.04. The second-order valence-corrected chi connectivity index (χ2v) is 5.49. The van der Waals surface area contributed by atoms with Gasteiger partial charge in [0, 0.05) is 0 Å². The summed E-state index contributed by atoms with van der Waals surface area (Å²) < 4.78 is 5.01. The van der Waals surface area contributed by atoms with Crippen LogP contribution in [0, 0.1) is 0 Å². The first-order chi connectivity index (χ1) is 11.1. The molecule has 0 saturated heterocycles. The van der Waals surface area contributed by atoms with Gasteiger partial charge >= 0.3 is 5.97 Å². The Labute approximate surface area is 137 Å². The van der Waals surface area contributed by atoms with E-state index >= 15 is 0 Å². The number of carbonyl (C=O) groups is 1. The zero-order valence-corrected chi connectivity index (χ0v) is 13.6. The van der Waals surface area contributed by atoms with Crippen LogP contribution in [0.1, 0.15) is 62.2 Å². The van der Waals surface area contributed by atoms with Crippen molar-refractivity contribution in [3.05, 3.63) is 29.8 Å². The highest BCUT2D eigenvalue weighted by Crippen LogP contribution is 2.35. The summed E-state index contributed by atoms with van der Waals surface area (Å²) in [6, 6.07) is 2.11. The zero-order chi connectivity index (χ0) is 17.1. The first-order valence-electron chi connectivity index (χ1n) is 8.13. The van der Waals surface area contributed by atoms with E-state index in [9.17, 15) is 20.1 Å². The van der Waals surface area contributed by atoms with Crippen molar-refractivity contribution in [3.8, 4) is 17.2 Å². The zero-order valence-electron chi connectivity index (χ0n) is 13.6. The van der Waals surface area contributed by atoms with Crippen LogP contribution in [-0.4, -0.2) is 27.9 Å². The number of aromatic hydroxyl groups is 3. The van der Waals surface area contributed by atoms with Gasteiger partial charge < -0.3 is 20.1 Å². The van der Waals surface area contributed by atoms with E-state index < -0.39 is 23.2 Å². The van der Waals surface area contributed by atoms with Crippen molar-refractivity contribution in [2.75, 3.05) is 6.61 Å². The predicted molar refractivity (Wildman–Crippen MR) is 88.9 cm³/mol. The van der Waals surface area contributed by atoms with Gasteiger partial charge in [-0.1, -0.05) is 51.2 Å². The number of unbranched alkanes of at least 4 members (excludes halogenated alkanes) is 6. The lowest BCUT2D eigenvalue weighted by atomic mass is 10.1. The Hall–Kier alpha value is -2.17.